The Balaban J connectivity index is 1.85. The van der Waals surface area contributed by atoms with Crippen molar-refractivity contribution in [3.05, 3.63) is 41.3 Å². The van der Waals surface area contributed by atoms with E-state index in [2.05, 4.69) is 20.5 Å². The van der Waals surface area contributed by atoms with Crippen LogP contribution >= 0.6 is 0 Å². The van der Waals surface area contributed by atoms with Crippen LogP contribution in [-0.4, -0.2) is 28.2 Å². The summed E-state index contributed by atoms with van der Waals surface area (Å²) >= 11 is 0. The number of amides is 1. The van der Waals surface area contributed by atoms with Crippen LogP contribution in [0.2, 0.25) is 0 Å². The quantitative estimate of drug-likeness (QED) is 0.928. The zero-order valence-corrected chi connectivity index (χ0v) is 12.2. The number of fused-ring (bicyclic) bond motifs is 1. The van der Waals surface area contributed by atoms with Gasteiger partial charge in [0.25, 0.3) is 0 Å². The number of ether oxygens (including phenoxy) is 1. The summed E-state index contributed by atoms with van der Waals surface area (Å²) in [5.74, 6) is 1.81. The molecule has 21 heavy (non-hydrogen) atoms. The van der Waals surface area contributed by atoms with E-state index in [0.717, 1.165) is 11.3 Å². The van der Waals surface area contributed by atoms with Crippen LogP contribution in [0.1, 0.15) is 30.9 Å². The topological polar surface area (TPSA) is 77.0 Å². The summed E-state index contributed by atoms with van der Waals surface area (Å²) in [5, 5.41) is 11.1. The van der Waals surface area contributed by atoms with Crippen LogP contribution in [0.15, 0.2) is 24.3 Å². The molecule has 1 aromatic heterocycles. The average molecular weight is 284 g/mol. The van der Waals surface area contributed by atoms with Crippen LogP contribution in [0.4, 0.5) is 5.82 Å². The number of methoxy groups -OCH3 is 1. The summed E-state index contributed by atoms with van der Waals surface area (Å²) in [6, 6.07) is 7.69. The number of nitrogens with zero attached hydrogens (tertiary/aromatic N) is 3. The molecule has 0 fully saturated rings. The first-order chi connectivity index (χ1) is 10.0. The molecule has 0 spiro atoms. The highest BCUT2D eigenvalue weighted by Gasteiger charge is 2.41. The van der Waals surface area contributed by atoms with Crippen molar-refractivity contribution in [2.24, 2.45) is 0 Å². The van der Waals surface area contributed by atoms with Crippen molar-refractivity contribution in [1.29, 1.82) is 0 Å². The molecule has 1 aliphatic rings. The number of benzene rings is 1. The molecule has 2 aromatic rings. The van der Waals surface area contributed by atoms with E-state index in [9.17, 15) is 4.79 Å². The molecule has 0 aliphatic carbocycles. The maximum Gasteiger partial charge on any atom is 0.237 e. The lowest BCUT2D eigenvalue weighted by atomic mass is 9.91. The predicted molar refractivity (Wildman–Crippen MR) is 77.3 cm³/mol. The molecule has 0 saturated heterocycles. The van der Waals surface area contributed by atoms with Gasteiger partial charge in [0.2, 0.25) is 5.91 Å². The molecule has 1 aliphatic heterocycles. The van der Waals surface area contributed by atoms with Gasteiger partial charge in [-0.2, -0.15) is 0 Å². The van der Waals surface area contributed by atoms with Crippen molar-refractivity contribution in [1.82, 2.24) is 15.2 Å². The predicted octanol–water partition coefficient (Wildman–Crippen LogP) is 1.70. The van der Waals surface area contributed by atoms with Gasteiger partial charge >= 0.3 is 0 Å². The third kappa shape index (κ3) is 2.33. The second-order valence-electron chi connectivity index (χ2n) is 5.53. The van der Waals surface area contributed by atoms with E-state index in [0.29, 0.717) is 23.8 Å². The Bertz CT molecular complexity index is 695. The molecule has 6 nitrogen and oxygen atoms in total. The lowest BCUT2D eigenvalue weighted by molar-refractivity contribution is -0.119. The average Bonchev–Trinajstić information content (AvgIpc) is 2.69. The van der Waals surface area contributed by atoms with Gasteiger partial charge in [0.15, 0.2) is 11.6 Å². The van der Waals surface area contributed by atoms with Gasteiger partial charge in [-0.3, -0.25) is 4.79 Å². The van der Waals surface area contributed by atoms with Crippen LogP contribution in [0.25, 0.3) is 0 Å². The van der Waals surface area contributed by atoms with Crippen LogP contribution in [0.5, 0.6) is 5.75 Å². The minimum absolute atomic E-state index is 0.0964. The summed E-state index contributed by atoms with van der Waals surface area (Å²) in [7, 11) is 1.63. The lowest BCUT2D eigenvalue weighted by Crippen LogP contribution is -2.27. The molecule has 0 atom stereocenters. The van der Waals surface area contributed by atoms with Gasteiger partial charge in [-0.05, 0) is 31.5 Å². The standard InChI is InChI=1S/C15H16N4O2/c1-15(2)12-13(17-14(15)20)16-11(18-19-12)8-9-4-6-10(21-3)7-5-9/h4-7H,8H2,1-3H3,(H,16,17,18,20). The largest absolute Gasteiger partial charge is 0.497 e. The highest BCUT2D eigenvalue weighted by Crippen LogP contribution is 2.33. The van der Waals surface area contributed by atoms with E-state index < -0.39 is 5.41 Å². The number of hydrogen-bond acceptors (Lipinski definition) is 5. The number of anilines is 1. The number of rotatable bonds is 3. The Morgan fingerprint density at radius 1 is 1.19 bits per heavy atom. The zero-order chi connectivity index (χ0) is 15.0. The molecule has 3 rings (SSSR count). The van der Waals surface area contributed by atoms with Crippen molar-refractivity contribution < 1.29 is 9.53 Å². The number of carbonyl (C=O) groups excluding carboxylic acids is 1. The van der Waals surface area contributed by atoms with Gasteiger partial charge in [-0.25, -0.2) is 4.98 Å². The van der Waals surface area contributed by atoms with Crippen molar-refractivity contribution in [3.63, 3.8) is 0 Å². The molecular formula is C15H16N4O2. The van der Waals surface area contributed by atoms with Gasteiger partial charge in [0, 0.05) is 6.42 Å². The number of nitrogens with one attached hydrogen (secondary N) is 1. The maximum atomic E-state index is 11.9. The lowest BCUT2D eigenvalue weighted by Gasteiger charge is -2.12. The second-order valence-corrected chi connectivity index (χ2v) is 5.53. The van der Waals surface area contributed by atoms with Gasteiger partial charge in [0.05, 0.1) is 12.5 Å². The smallest absolute Gasteiger partial charge is 0.237 e. The van der Waals surface area contributed by atoms with Gasteiger partial charge in [-0.1, -0.05) is 12.1 Å². The van der Waals surface area contributed by atoms with Gasteiger partial charge in [-0.15, -0.1) is 10.2 Å². The van der Waals surface area contributed by atoms with E-state index in [1.165, 1.54) is 0 Å². The molecule has 108 valence electrons. The second kappa shape index (κ2) is 4.80. The normalized spacial score (nSPS) is 15.5. The molecule has 1 aromatic carbocycles. The molecule has 0 radical (unpaired) electrons. The third-order valence-corrected chi connectivity index (χ3v) is 3.64. The summed E-state index contributed by atoms with van der Waals surface area (Å²) in [6.45, 7) is 3.63. The van der Waals surface area contributed by atoms with Gasteiger partial charge in [0.1, 0.15) is 11.4 Å². The molecular weight excluding hydrogens is 268 g/mol. The fraction of sp³-hybridized carbons (Fsp3) is 0.333. The molecule has 1 amide bonds. The van der Waals surface area contributed by atoms with E-state index in [1.807, 2.05) is 38.1 Å². The minimum Gasteiger partial charge on any atom is -0.497 e. The van der Waals surface area contributed by atoms with Crippen molar-refractivity contribution in [2.75, 3.05) is 12.4 Å². The molecule has 6 heteroatoms. The molecule has 0 bridgehead atoms. The SMILES string of the molecule is COc1ccc(Cc2nnc3c(n2)NC(=O)C3(C)C)cc1. The first-order valence-electron chi connectivity index (χ1n) is 6.69. The monoisotopic (exact) mass is 284 g/mol. The van der Waals surface area contributed by atoms with Crippen LogP contribution < -0.4 is 10.1 Å². The fourth-order valence-corrected chi connectivity index (χ4v) is 2.24. The molecule has 0 saturated carbocycles. The molecule has 0 unspecified atom stereocenters. The Hall–Kier alpha value is -2.50. The molecule has 1 N–H and O–H groups in total. The minimum atomic E-state index is -0.673. The summed E-state index contributed by atoms with van der Waals surface area (Å²) in [6.07, 6.45) is 0.556. The van der Waals surface area contributed by atoms with E-state index in [-0.39, 0.29) is 5.91 Å². The highest BCUT2D eigenvalue weighted by molar-refractivity contribution is 6.03. The zero-order valence-electron chi connectivity index (χ0n) is 12.2. The van der Waals surface area contributed by atoms with E-state index >= 15 is 0 Å². The van der Waals surface area contributed by atoms with Crippen LogP contribution in [0, 0.1) is 0 Å². The summed E-state index contributed by atoms with van der Waals surface area (Å²) in [4.78, 5) is 16.3. The number of hydrogen-bond donors (Lipinski definition) is 1. The Labute approximate surface area is 122 Å². The Morgan fingerprint density at radius 3 is 2.57 bits per heavy atom. The van der Waals surface area contributed by atoms with Crippen LogP contribution in [-0.2, 0) is 16.6 Å². The Morgan fingerprint density at radius 2 is 1.90 bits per heavy atom. The molecule has 2 heterocycles. The number of carbonyl (C=O) groups is 1. The first-order valence-corrected chi connectivity index (χ1v) is 6.69. The maximum absolute atomic E-state index is 11.9. The van der Waals surface area contributed by atoms with Crippen molar-refractivity contribution >= 4 is 11.7 Å². The van der Waals surface area contributed by atoms with E-state index in [4.69, 9.17) is 4.74 Å². The first kappa shape index (κ1) is 13.5. The highest BCUT2D eigenvalue weighted by atomic mass is 16.5. The van der Waals surface area contributed by atoms with Gasteiger partial charge < -0.3 is 10.1 Å². The number of aromatic nitrogens is 3. The summed E-state index contributed by atoms with van der Waals surface area (Å²) in [5.41, 5.74) is 0.987. The van der Waals surface area contributed by atoms with Crippen molar-refractivity contribution in [2.45, 2.75) is 25.7 Å². The third-order valence-electron chi connectivity index (χ3n) is 3.64. The van der Waals surface area contributed by atoms with Crippen LogP contribution in [0.3, 0.4) is 0 Å². The van der Waals surface area contributed by atoms with E-state index in [1.54, 1.807) is 7.11 Å². The van der Waals surface area contributed by atoms with Crippen molar-refractivity contribution in [3.8, 4) is 5.75 Å². The fourth-order valence-electron chi connectivity index (χ4n) is 2.24. The Kier molecular flexibility index (Phi) is 3.08. The summed E-state index contributed by atoms with van der Waals surface area (Å²) < 4.78 is 5.12.